The first-order chi connectivity index (χ1) is 14.1. The molecule has 0 bridgehead atoms. The summed E-state index contributed by atoms with van der Waals surface area (Å²) in [5.41, 5.74) is 0. The van der Waals surface area contributed by atoms with Gasteiger partial charge in [0, 0.05) is 52.4 Å². The second-order valence-corrected chi connectivity index (χ2v) is 11.4. The molecule has 0 fully saturated rings. The molecule has 6 heteroatoms. The summed E-state index contributed by atoms with van der Waals surface area (Å²) < 4.78 is 11.5. The average molecular weight is 467 g/mol. The molecule has 0 N–H and O–H groups in total. The van der Waals surface area contributed by atoms with Crippen LogP contribution < -0.4 is 12.4 Å². The average Bonchev–Trinajstić information content (AvgIpc) is 2.74. The predicted molar refractivity (Wildman–Crippen MR) is 136 cm³/mol. The van der Waals surface area contributed by atoms with Crippen molar-refractivity contribution in [3.05, 3.63) is 0 Å². The summed E-state index contributed by atoms with van der Waals surface area (Å²) >= 11 is 0. The Hall–Kier alpha value is 0.560. The van der Waals surface area contributed by atoms with Crippen LogP contribution in [-0.4, -0.2) is 71.0 Å². The smallest absolute Gasteiger partial charge is 0.308 e. The number of unbranched alkanes of at least 4 members (excludes halogenated alkanes) is 6. The molecule has 0 unspecified atom stereocenters. The lowest BCUT2D eigenvalue weighted by Crippen LogP contribution is -3.00. The zero-order valence-electron chi connectivity index (χ0n) is 21.9. The van der Waals surface area contributed by atoms with Crippen LogP contribution in [0.4, 0.5) is 0 Å². The van der Waals surface area contributed by atoms with Crippen LogP contribution >= 0.6 is 7.87 Å². The molecule has 0 rings (SSSR count). The molecule has 0 atom stereocenters. The third-order valence-corrected chi connectivity index (χ3v) is 11.4. The van der Waals surface area contributed by atoms with Crippen LogP contribution in [0, 0.1) is 0 Å². The highest BCUT2D eigenvalue weighted by Gasteiger charge is 2.58. The highest BCUT2D eigenvalue weighted by molar-refractivity contribution is 7.66. The first-order valence-corrected chi connectivity index (χ1v) is 14.6. The molecule has 184 valence electrons. The van der Waals surface area contributed by atoms with Gasteiger partial charge < -0.3 is 12.4 Å². The lowest BCUT2D eigenvalue weighted by atomic mass is 10.2. The fraction of sp³-hybridized carbons (Fsp3) is 1.00. The Morgan fingerprint density at radius 2 is 0.700 bits per heavy atom. The third-order valence-electron chi connectivity index (χ3n) is 6.25. The minimum absolute atomic E-state index is 0. The Bertz CT molecular complexity index is 318. The molecular weight excluding hydrogens is 411 g/mol. The van der Waals surface area contributed by atoms with E-state index in [0.717, 1.165) is 39.3 Å². The number of halogens is 1. The van der Waals surface area contributed by atoms with Crippen molar-refractivity contribution in [2.24, 2.45) is 0 Å². The maximum Gasteiger partial charge on any atom is 0.308 e. The van der Waals surface area contributed by atoms with Crippen molar-refractivity contribution >= 4 is 7.87 Å². The van der Waals surface area contributed by atoms with Crippen molar-refractivity contribution in [1.82, 2.24) is 18.7 Å². The summed E-state index contributed by atoms with van der Waals surface area (Å²) in [4.78, 5) is 0. The van der Waals surface area contributed by atoms with Gasteiger partial charge >= 0.3 is 7.87 Å². The summed E-state index contributed by atoms with van der Waals surface area (Å²) in [5, 5.41) is 0. The Labute approximate surface area is 198 Å². The van der Waals surface area contributed by atoms with E-state index in [1.54, 1.807) is 0 Å². The van der Waals surface area contributed by atoms with Gasteiger partial charge in [-0.2, -0.15) is 0 Å². The van der Waals surface area contributed by atoms with E-state index in [1.807, 2.05) is 0 Å². The zero-order chi connectivity index (χ0) is 22.1. The van der Waals surface area contributed by atoms with Crippen LogP contribution in [0.2, 0.25) is 0 Å². The van der Waals surface area contributed by atoms with Gasteiger partial charge in [0.15, 0.2) is 0 Å². The highest BCUT2D eigenvalue weighted by atomic mass is 35.5. The molecule has 0 aliphatic heterocycles. The lowest BCUT2D eigenvalue weighted by Gasteiger charge is -2.50. The van der Waals surface area contributed by atoms with E-state index in [0.29, 0.717) is 0 Å². The summed E-state index contributed by atoms with van der Waals surface area (Å²) in [6.45, 7) is 28.2. The van der Waals surface area contributed by atoms with Crippen molar-refractivity contribution in [1.29, 1.82) is 0 Å². The summed E-state index contributed by atoms with van der Waals surface area (Å²) in [7, 11) is -1.70. The molecule has 4 nitrogen and oxygen atoms in total. The Balaban J connectivity index is 0. The maximum atomic E-state index is 2.98. The van der Waals surface area contributed by atoms with Crippen molar-refractivity contribution < 1.29 is 12.4 Å². The van der Waals surface area contributed by atoms with Crippen LogP contribution in [0.5, 0.6) is 0 Å². The van der Waals surface area contributed by atoms with E-state index in [4.69, 9.17) is 0 Å². The molecule has 30 heavy (non-hydrogen) atoms. The lowest BCUT2D eigenvalue weighted by molar-refractivity contribution is -0.00000738. The van der Waals surface area contributed by atoms with Gasteiger partial charge in [0.05, 0.1) is 0 Å². The van der Waals surface area contributed by atoms with Gasteiger partial charge in [-0.15, -0.1) is 18.7 Å². The molecule has 0 aromatic carbocycles. The van der Waals surface area contributed by atoms with Gasteiger partial charge in [-0.25, -0.2) is 0 Å². The minimum atomic E-state index is -1.70. The molecule has 0 aliphatic rings. The van der Waals surface area contributed by atoms with Gasteiger partial charge in [0.25, 0.3) is 0 Å². The van der Waals surface area contributed by atoms with E-state index in [1.165, 1.54) is 64.5 Å². The van der Waals surface area contributed by atoms with Crippen LogP contribution in [0.15, 0.2) is 0 Å². The topological polar surface area (TPSA) is 13.0 Å². The van der Waals surface area contributed by atoms with Crippen molar-refractivity contribution in [3.63, 3.8) is 0 Å². The number of nitrogens with zero attached hydrogens (tertiary/aromatic N) is 4. The molecule has 0 aliphatic carbocycles. The Morgan fingerprint density at radius 3 is 0.933 bits per heavy atom. The standard InChI is InChI=1S/C24H56N4P.ClH/c1-9-17-19-21-23-28(24-22-20-18-10-2)29(25(11-3)12-4,26(13-5)14-6)27(15-7)16-8;/h9-24H2,1-8H3;1H/q+1;/p-1. The SMILES string of the molecule is CCCCCCN(CCCCCC)[P+](N(CC)CC)(N(CC)CC)N(CC)CC.[Cl-]. The van der Waals surface area contributed by atoms with E-state index < -0.39 is 7.87 Å². The van der Waals surface area contributed by atoms with E-state index in [-0.39, 0.29) is 12.4 Å². The molecule has 0 heterocycles. The normalized spacial score (nSPS) is 12.4. The minimum Gasteiger partial charge on any atom is -1.00 e. The van der Waals surface area contributed by atoms with Crippen molar-refractivity contribution in [2.45, 2.75) is 107 Å². The van der Waals surface area contributed by atoms with Gasteiger partial charge in [0.2, 0.25) is 0 Å². The van der Waals surface area contributed by atoms with Crippen LogP contribution in [0.3, 0.4) is 0 Å². The first-order valence-electron chi connectivity index (χ1n) is 13.0. The highest BCUT2D eigenvalue weighted by Crippen LogP contribution is 2.69. The largest absolute Gasteiger partial charge is 1.00 e. The monoisotopic (exact) mass is 466 g/mol. The van der Waals surface area contributed by atoms with Crippen molar-refractivity contribution in [3.8, 4) is 0 Å². The summed E-state index contributed by atoms with van der Waals surface area (Å²) in [5.74, 6) is 0. The molecule has 0 saturated heterocycles. The first kappa shape index (κ1) is 32.7. The zero-order valence-corrected chi connectivity index (χ0v) is 23.6. The van der Waals surface area contributed by atoms with E-state index in [9.17, 15) is 0 Å². The second kappa shape index (κ2) is 20.2. The van der Waals surface area contributed by atoms with Crippen LogP contribution in [0.1, 0.15) is 107 Å². The van der Waals surface area contributed by atoms with E-state index >= 15 is 0 Å². The molecule has 0 aromatic heterocycles. The Kier molecular flexibility index (Phi) is 22.0. The molecule has 0 aromatic rings. The van der Waals surface area contributed by atoms with Crippen LogP contribution in [-0.2, 0) is 0 Å². The maximum absolute atomic E-state index is 2.98. The quantitative estimate of drug-likeness (QED) is 0.197. The van der Waals surface area contributed by atoms with E-state index in [2.05, 4.69) is 74.1 Å². The number of hydrogen-bond acceptors (Lipinski definition) is 4. The molecule has 0 radical (unpaired) electrons. The van der Waals surface area contributed by atoms with Gasteiger partial charge in [-0.3, -0.25) is 0 Å². The number of hydrogen-bond donors (Lipinski definition) is 0. The molecule has 0 amide bonds. The van der Waals surface area contributed by atoms with Gasteiger partial charge in [0.1, 0.15) is 0 Å². The molecule has 0 spiro atoms. The Morgan fingerprint density at radius 1 is 0.400 bits per heavy atom. The second-order valence-electron chi connectivity index (χ2n) is 8.03. The fourth-order valence-corrected chi connectivity index (χ4v) is 9.95. The van der Waals surface area contributed by atoms with Gasteiger partial charge in [-0.05, 0) is 54.4 Å². The molecule has 0 saturated carbocycles. The molecular formula is C24H56ClN4P. The fourth-order valence-electron chi connectivity index (χ4n) is 4.70. The predicted octanol–water partition coefficient (Wildman–Crippen LogP) is 4.16. The van der Waals surface area contributed by atoms with Gasteiger partial charge in [-0.1, -0.05) is 52.4 Å². The summed E-state index contributed by atoms with van der Waals surface area (Å²) in [6, 6.07) is 0. The summed E-state index contributed by atoms with van der Waals surface area (Å²) in [6.07, 6.45) is 10.8. The number of rotatable bonds is 20. The van der Waals surface area contributed by atoms with Crippen molar-refractivity contribution in [2.75, 3.05) is 52.4 Å². The third kappa shape index (κ3) is 9.20. The van der Waals surface area contributed by atoms with Crippen LogP contribution in [0.25, 0.3) is 0 Å².